The Morgan fingerprint density at radius 2 is 2.00 bits per heavy atom. The second-order valence-electron chi connectivity index (χ2n) is 4.05. The first-order chi connectivity index (χ1) is 8.79. The third kappa shape index (κ3) is 3.28. The van der Waals surface area contributed by atoms with Gasteiger partial charge in [0.05, 0.1) is 12.8 Å². The molecule has 0 spiro atoms. The van der Waals surface area contributed by atoms with E-state index in [0.717, 1.165) is 5.69 Å². The Balaban J connectivity index is 1.95. The maximum absolute atomic E-state index is 5.10. The fourth-order valence-electron chi connectivity index (χ4n) is 1.70. The molecule has 0 aliphatic rings. The number of aromatic nitrogens is 2. The van der Waals surface area contributed by atoms with Crippen molar-refractivity contribution >= 4 is 0 Å². The average Bonchev–Trinajstić information content (AvgIpc) is 2.46. The van der Waals surface area contributed by atoms with E-state index >= 15 is 0 Å². The van der Waals surface area contributed by atoms with Crippen LogP contribution < -0.4 is 10.1 Å². The van der Waals surface area contributed by atoms with Gasteiger partial charge in [-0.2, -0.15) is 0 Å². The predicted octanol–water partition coefficient (Wildman–Crippen LogP) is 2.34. The van der Waals surface area contributed by atoms with Crippen molar-refractivity contribution in [2.24, 2.45) is 0 Å². The molecule has 0 saturated heterocycles. The molecule has 0 fully saturated rings. The van der Waals surface area contributed by atoms with Crippen LogP contribution in [0.3, 0.4) is 0 Å². The van der Waals surface area contributed by atoms with E-state index in [4.69, 9.17) is 4.74 Å². The van der Waals surface area contributed by atoms with Gasteiger partial charge in [0.1, 0.15) is 0 Å². The first-order valence-electron chi connectivity index (χ1n) is 5.93. The van der Waals surface area contributed by atoms with Crippen LogP contribution in [0.5, 0.6) is 5.88 Å². The number of hydrogen-bond donors (Lipinski definition) is 1. The molecule has 0 aliphatic heterocycles. The fourth-order valence-corrected chi connectivity index (χ4v) is 1.70. The van der Waals surface area contributed by atoms with E-state index in [2.05, 4.69) is 22.2 Å². The van der Waals surface area contributed by atoms with Gasteiger partial charge in [0.25, 0.3) is 0 Å². The highest BCUT2D eigenvalue weighted by atomic mass is 16.5. The third-order valence-electron chi connectivity index (χ3n) is 2.79. The van der Waals surface area contributed by atoms with Gasteiger partial charge in [0.15, 0.2) is 0 Å². The smallest absolute Gasteiger partial charge is 0.213 e. The summed E-state index contributed by atoms with van der Waals surface area (Å²) in [5.74, 6) is 0.644. The van der Waals surface area contributed by atoms with Crippen LogP contribution in [0.2, 0.25) is 0 Å². The summed E-state index contributed by atoms with van der Waals surface area (Å²) >= 11 is 0. The molecule has 94 valence electrons. The van der Waals surface area contributed by atoms with Crippen LogP contribution in [0, 0.1) is 0 Å². The summed E-state index contributed by atoms with van der Waals surface area (Å²) in [6.07, 6.45) is 3.61. The van der Waals surface area contributed by atoms with Crippen molar-refractivity contribution in [1.29, 1.82) is 0 Å². The molecule has 0 aromatic carbocycles. The summed E-state index contributed by atoms with van der Waals surface area (Å²) in [4.78, 5) is 8.37. The molecule has 2 aromatic heterocycles. The Morgan fingerprint density at radius 3 is 2.72 bits per heavy atom. The Labute approximate surface area is 107 Å². The normalized spacial score (nSPS) is 12.1. The Bertz CT molecular complexity index is 487. The van der Waals surface area contributed by atoms with Gasteiger partial charge < -0.3 is 10.1 Å². The molecule has 2 aromatic rings. The summed E-state index contributed by atoms with van der Waals surface area (Å²) < 4.78 is 5.10. The average molecular weight is 243 g/mol. The lowest BCUT2D eigenvalue weighted by atomic mass is 10.1. The van der Waals surface area contributed by atoms with Gasteiger partial charge in [-0.3, -0.25) is 4.98 Å². The summed E-state index contributed by atoms with van der Waals surface area (Å²) in [6.45, 7) is 2.83. The molecule has 0 aliphatic carbocycles. The Kier molecular flexibility index (Phi) is 4.25. The van der Waals surface area contributed by atoms with Gasteiger partial charge in [-0.1, -0.05) is 6.07 Å². The zero-order valence-electron chi connectivity index (χ0n) is 10.6. The van der Waals surface area contributed by atoms with E-state index in [1.165, 1.54) is 5.56 Å². The second-order valence-corrected chi connectivity index (χ2v) is 4.05. The molecule has 4 nitrogen and oxygen atoms in total. The van der Waals surface area contributed by atoms with Crippen LogP contribution >= 0.6 is 0 Å². The van der Waals surface area contributed by atoms with Crippen LogP contribution in [0.4, 0.5) is 0 Å². The molecule has 0 unspecified atom stereocenters. The fraction of sp³-hybridized carbons (Fsp3) is 0.286. The SMILES string of the molecule is COc1cccc(CN[C@@H](C)c2ccncc2)n1. The van der Waals surface area contributed by atoms with Crippen LogP contribution in [-0.4, -0.2) is 17.1 Å². The standard InChI is InChI=1S/C14H17N3O/c1-11(12-6-8-15-9-7-12)16-10-13-4-3-5-14(17-13)18-2/h3-9,11,16H,10H2,1-2H3/t11-/m0/s1. The molecule has 0 radical (unpaired) electrons. The van der Waals surface area contributed by atoms with Gasteiger partial charge in [0.2, 0.25) is 5.88 Å². The van der Waals surface area contributed by atoms with Crippen LogP contribution in [0.25, 0.3) is 0 Å². The van der Waals surface area contributed by atoms with Crippen molar-refractivity contribution in [2.75, 3.05) is 7.11 Å². The highest BCUT2D eigenvalue weighted by molar-refractivity contribution is 5.17. The van der Waals surface area contributed by atoms with Crippen molar-refractivity contribution < 1.29 is 4.74 Å². The number of nitrogens with one attached hydrogen (secondary N) is 1. The van der Waals surface area contributed by atoms with E-state index in [9.17, 15) is 0 Å². The van der Waals surface area contributed by atoms with E-state index in [0.29, 0.717) is 12.4 Å². The van der Waals surface area contributed by atoms with Crippen LogP contribution in [0.15, 0.2) is 42.7 Å². The number of nitrogens with zero attached hydrogens (tertiary/aromatic N) is 2. The van der Waals surface area contributed by atoms with E-state index in [-0.39, 0.29) is 6.04 Å². The lowest BCUT2D eigenvalue weighted by Crippen LogP contribution is -2.18. The van der Waals surface area contributed by atoms with Crippen LogP contribution in [-0.2, 0) is 6.54 Å². The summed E-state index contributed by atoms with van der Waals surface area (Å²) in [7, 11) is 1.62. The van der Waals surface area contributed by atoms with Gasteiger partial charge in [-0.25, -0.2) is 4.98 Å². The molecule has 4 heteroatoms. The summed E-state index contributed by atoms with van der Waals surface area (Å²) in [5.41, 5.74) is 2.18. The lowest BCUT2D eigenvalue weighted by molar-refractivity contribution is 0.395. The minimum absolute atomic E-state index is 0.265. The molecule has 2 rings (SSSR count). The topological polar surface area (TPSA) is 47.0 Å². The van der Waals surface area contributed by atoms with Crippen LogP contribution in [0.1, 0.15) is 24.2 Å². The highest BCUT2D eigenvalue weighted by Crippen LogP contribution is 2.12. The third-order valence-corrected chi connectivity index (χ3v) is 2.79. The van der Waals surface area contributed by atoms with Gasteiger partial charge in [-0.05, 0) is 30.7 Å². The lowest BCUT2D eigenvalue weighted by Gasteiger charge is -2.13. The predicted molar refractivity (Wildman–Crippen MR) is 70.3 cm³/mol. The molecule has 1 N–H and O–H groups in total. The van der Waals surface area contributed by atoms with Crippen molar-refractivity contribution in [3.8, 4) is 5.88 Å². The number of methoxy groups -OCH3 is 1. The minimum atomic E-state index is 0.265. The first kappa shape index (κ1) is 12.5. The molecular formula is C14H17N3O. The van der Waals surface area contributed by atoms with Gasteiger partial charge in [0, 0.05) is 31.0 Å². The van der Waals surface area contributed by atoms with Crippen molar-refractivity contribution in [3.05, 3.63) is 54.0 Å². The van der Waals surface area contributed by atoms with E-state index < -0.39 is 0 Å². The number of pyridine rings is 2. The summed E-state index contributed by atoms with van der Waals surface area (Å²) in [6, 6.07) is 10.1. The largest absolute Gasteiger partial charge is 0.481 e. The highest BCUT2D eigenvalue weighted by Gasteiger charge is 2.05. The maximum Gasteiger partial charge on any atom is 0.213 e. The zero-order valence-corrected chi connectivity index (χ0v) is 10.6. The number of ether oxygens (including phenoxy) is 1. The Hall–Kier alpha value is -1.94. The molecule has 0 saturated carbocycles. The molecule has 0 bridgehead atoms. The molecule has 18 heavy (non-hydrogen) atoms. The first-order valence-corrected chi connectivity index (χ1v) is 5.93. The molecule has 0 amide bonds. The Morgan fingerprint density at radius 1 is 1.22 bits per heavy atom. The summed E-state index contributed by atoms with van der Waals surface area (Å²) in [5, 5.41) is 3.42. The number of hydrogen-bond acceptors (Lipinski definition) is 4. The maximum atomic E-state index is 5.10. The quantitative estimate of drug-likeness (QED) is 0.875. The molecule has 2 heterocycles. The van der Waals surface area contributed by atoms with Gasteiger partial charge >= 0.3 is 0 Å². The zero-order chi connectivity index (χ0) is 12.8. The number of rotatable bonds is 5. The monoisotopic (exact) mass is 243 g/mol. The van der Waals surface area contributed by atoms with Crippen molar-refractivity contribution in [1.82, 2.24) is 15.3 Å². The molecular weight excluding hydrogens is 226 g/mol. The molecule has 1 atom stereocenters. The van der Waals surface area contributed by atoms with Crippen molar-refractivity contribution in [2.45, 2.75) is 19.5 Å². The van der Waals surface area contributed by atoms with E-state index in [1.807, 2.05) is 30.3 Å². The van der Waals surface area contributed by atoms with Crippen molar-refractivity contribution in [3.63, 3.8) is 0 Å². The second kappa shape index (κ2) is 6.12. The van der Waals surface area contributed by atoms with Gasteiger partial charge in [-0.15, -0.1) is 0 Å². The minimum Gasteiger partial charge on any atom is -0.481 e. The van der Waals surface area contributed by atoms with E-state index in [1.54, 1.807) is 19.5 Å².